The smallest absolute Gasteiger partial charge is 0.222 e. The first kappa shape index (κ1) is 19.4. The van der Waals surface area contributed by atoms with Gasteiger partial charge in [0.15, 0.2) is 0 Å². The van der Waals surface area contributed by atoms with Crippen LogP contribution in [-0.2, 0) is 20.9 Å². The molecule has 1 N–H and O–H groups in total. The summed E-state index contributed by atoms with van der Waals surface area (Å²) >= 11 is 0. The molecule has 0 radical (unpaired) electrons. The Morgan fingerprint density at radius 2 is 1.86 bits per heavy atom. The molecule has 2 saturated heterocycles. The summed E-state index contributed by atoms with van der Waals surface area (Å²) in [5.41, 5.74) is 1.02. The van der Waals surface area contributed by atoms with Crippen molar-refractivity contribution >= 4 is 11.8 Å². The highest BCUT2D eigenvalue weighted by atomic mass is 16.5. The molecule has 2 aliphatic heterocycles. The van der Waals surface area contributed by atoms with Crippen molar-refractivity contribution < 1.29 is 14.3 Å². The fourth-order valence-corrected chi connectivity index (χ4v) is 5.19. The number of piperidine rings is 1. The SMILES string of the molecule is O=C(CC1C2CCC1CN(C(=O)CC1CCOCC1)C2)NCc1cccnc1. The zero-order valence-electron chi connectivity index (χ0n) is 16.5. The van der Waals surface area contributed by atoms with E-state index in [2.05, 4.69) is 15.2 Å². The van der Waals surface area contributed by atoms with Crippen molar-refractivity contribution in [1.82, 2.24) is 15.2 Å². The molecule has 1 aliphatic carbocycles. The van der Waals surface area contributed by atoms with E-state index >= 15 is 0 Å². The molecule has 4 rings (SSSR count). The lowest BCUT2D eigenvalue weighted by atomic mass is 9.82. The molecule has 3 fully saturated rings. The van der Waals surface area contributed by atoms with Crippen LogP contribution in [-0.4, -0.2) is 48.0 Å². The van der Waals surface area contributed by atoms with Crippen LogP contribution < -0.4 is 5.32 Å². The van der Waals surface area contributed by atoms with Crippen LogP contribution in [0.4, 0.5) is 0 Å². The summed E-state index contributed by atoms with van der Waals surface area (Å²) in [6.07, 6.45) is 9.07. The van der Waals surface area contributed by atoms with E-state index in [1.165, 1.54) is 0 Å². The maximum absolute atomic E-state index is 12.8. The molecule has 6 heteroatoms. The van der Waals surface area contributed by atoms with Crippen LogP contribution in [0, 0.1) is 23.7 Å². The molecule has 0 aromatic carbocycles. The topological polar surface area (TPSA) is 71.5 Å². The lowest BCUT2D eigenvalue weighted by Crippen LogP contribution is -2.46. The minimum absolute atomic E-state index is 0.118. The molecule has 1 aromatic heterocycles. The molecule has 2 bridgehead atoms. The van der Waals surface area contributed by atoms with Gasteiger partial charge in [0.05, 0.1) is 0 Å². The molecule has 2 unspecified atom stereocenters. The molecule has 28 heavy (non-hydrogen) atoms. The largest absolute Gasteiger partial charge is 0.381 e. The van der Waals surface area contributed by atoms with Crippen molar-refractivity contribution in [3.05, 3.63) is 30.1 Å². The minimum Gasteiger partial charge on any atom is -0.381 e. The Morgan fingerprint density at radius 1 is 1.11 bits per heavy atom. The molecular formula is C22H31N3O3. The summed E-state index contributed by atoms with van der Waals surface area (Å²) in [7, 11) is 0. The van der Waals surface area contributed by atoms with Gasteiger partial charge in [0, 0.05) is 58.1 Å². The number of likely N-dealkylation sites (tertiary alicyclic amines) is 1. The van der Waals surface area contributed by atoms with Crippen molar-refractivity contribution in [1.29, 1.82) is 0 Å². The van der Waals surface area contributed by atoms with Crippen LogP contribution in [0.3, 0.4) is 0 Å². The maximum Gasteiger partial charge on any atom is 0.222 e. The Labute approximate surface area is 167 Å². The summed E-state index contributed by atoms with van der Waals surface area (Å²) in [5.74, 6) is 2.27. The van der Waals surface area contributed by atoms with Gasteiger partial charge in [-0.25, -0.2) is 0 Å². The summed E-state index contributed by atoms with van der Waals surface area (Å²) < 4.78 is 5.40. The average molecular weight is 386 g/mol. The van der Waals surface area contributed by atoms with Gasteiger partial charge in [0.1, 0.15) is 0 Å². The number of hydrogen-bond acceptors (Lipinski definition) is 4. The summed E-state index contributed by atoms with van der Waals surface area (Å²) in [6, 6.07) is 3.86. The predicted octanol–water partition coefficient (Wildman–Crippen LogP) is 2.39. The first-order valence-corrected chi connectivity index (χ1v) is 10.7. The van der Waals surface area contributed by atoms with E-state index in [1.54, 1.807) is 12.4 Å². The van der Waals surface area contributed by atoms with Crippen molar-refractivity contribution in [3.63, 3.8) is 0 Å². The molecule has 2 atom stereocenters. The highest BCUT2D eigenvalue weighted by Crippen LogP contribution is 2.44. The van der Waals surface area contributed by atoms with Gasteiger partial charge < -0.3 is 15.0 Å². The third-order valence-corrected chi connectivity index (χ3v) is 6.82. The van der Waals surface area contributed by atoms with Crippen molar-refractivity contribution in [2.24, 2.45) is 23.7 Å². The number of pyridine rings is 1. The normalized spacial score (nSPS) is 27.6. The summed E-state index contributed by atoms with van der Waals surface area (Å²) in [4.78, 5) is 31.4. The highest BCUT2D eigenvalue weighted by molar-refractivity contribution is 5.77. The van der Waals surface area contributed by atoms with E-state index < -0.39 is 0 Å². The van der Waals surface area contributed by atoms with Gasteiger partial charge in [-0.2, -0.15) is 0 Å². The number of amides is 2. The van der Waals surface area contributed by atoms with Gasteiger partial charge in [0.25, 0.3) is 0 Å². The summed E-state index contributed by atoms with van der Waals surface area (Å²) in [5, 5.41) is 3.03. The van der Waals surface area contributed by atoms with Crippen molar-refractivity contribution in [2.75, 3.05) is 26.3 Å². The van der Waals surface area contributed by atoms with E-state index in [1.807, 2.05) is 12.1 Å². The minimum atomic E-state index is 0.118. The Kier molecular flexibility index (Phi) is 6.25. The van der Waals surface area contributed by atoms with E-state index in [-0.39, 0.29) is 5.91 Å². The standard InChI is InChI=1S/C22H31N3O3/c26-21(24-13-17-2-1-7-23-12-17)11-20-18-3-4-19(20)15-25(14-18)22(27)10-16-5-8-28-9-6-16/h1-2,7,12,16,18-20H,3-6,8-11,13-15H2,(H,24,26). The number of ether oxygens (including phenoxy) is 1. The van der Waals surface area contributed by atoms with Crippen molar-refractivity contribution in [3.8, 4) is 0 Å². The fourth-order valence-electron chi connectivity index (χ4n) is 5.19. The molecule has 2 amide bonds. The predicted molar refractivity (Wildman–Crippen MR) is 105 cm³/mol. The number of carbonyl (C=O) groups excluding carboxylic acids is 2. The molecular weight excluding hydrogens is 354 g/mol. The quantitative estimate of drug-likeness (QED) is 0.816. The number of hydrogen-bond donors (Lipinski definition) is 1. The van der Waals surface area contributed by atoms with Gasteiger partial charge >= 0.3 is 0 Å². The zero-order valence-corrected chi connectivity index (χ0v) is 16.5. The molecule has 1 aromatic rings. The first-order valence-electron chi connectivity index (χ1n) is 10.7. The van der Waals surface area contributed by atoms with Crippen LogP contribution in [0.25, 0.3) is 0 Å². The van der Waals surface area contributed by atoms with E-state index in [4.69, 9.17) is 4.74 Å². The number of fused-ring (bicyclic) bond motifs is 2. The third-order valence-electron chi connectivity index (χ3n) is 6.82. The van der Waals surface area contributed by atoms with Gasteiger partial charge in [0.2, 0.25) is 11.8 Å². The lowest BCUT2D eigenvalue weighted by Gasteiger charge is -2.38. The number of nitrogens with one attached hydrogen (secondary N) is 1. The Hall–Kier alpha value is -1.95. The maximum atomic E-state index is 12.8. The average Bonchev–Trinajstić information content (AvgIpc) is 2.95. The lowest BCUT2D eigenvalue weighted by molar-refractivity contribution is -0.136. The summed E-state index contributed by atoms with van der Waals surface area (Å²) in [6.45, 7) is 3.78. The molecule has 3 aliphatic rings. The second-order valence-electron chi connectivity index (χ2n) is 8.66. The van der Waals surface area contributed by atoms with Crippen LogP contribution in [0.5, 0.6) is 0 Å². The molecule has 152 valence electrons. The Balaban J connectivity index is 1.25. The van der Waals surface area contributed by atoms with E-state index in [0.29, 0.717) is 49.0 Å². The van der Waals surface area contributed by atoms with Crippen LogP contribution >= 0.6 is 0 Å². The third kappa shape index (κ3) is 4.72. The van der Waals surface area contributed by atoms with Gasteiger partial charge in [-0.15, -0.1) is 0 Å². The molecule has 6 nitrogen and oxygen atoms in total. The van der Waals surface area contributed by atoms with Crippen molar-refractivity contribution in [2.45, 2.75) is 45.1 Å². The van der Waals surface area contributed by atoms with Gasteiger partial charge in [-0.3, -0.25) is 14.6 Å². The number of rotatable bonds is 6. The first-order chi connectivity index (χ1) is 13.7. The molecule has 3 heterocycles. The van der Waals surface area contributed by atoms with Crippen LogP contribution in [0.1, 0.15) is 44.1 Å². The monoisotopic (exact) mass is 385 g/mol. The molecule has 0 spiro atoms. The van der Waals surface area contributed by atoms with Gasteiger partial charge in [-0.1, -0.05) is 6.07 Å². The van der Waals surface area contributed by atoms with Crippen LogP contribution in [0.15, 0.2) is 24.5 Å². The van der Waals surface area contributed by atoms with E-state index in [0.717, 1.165) is 57.6 Å². The number of carbonyl (C=O) groups is 2. The van der Waals surface area contributed by atoms with Crippen LogP contribution in [0.2, 0.25) is 0 Å². The Bertz CT molecular complexity index is 661. The van der Waals surface area contributed by atoms with Gasteiger partial charge in [-0.05, 0) is 61.0 Å². The highest BCUT2D eigenvalue weighted by Gasteiger charge is 2.43. The fraction of sp³-hybridized carbons (Fsp3) is 0.682. The molecule has 1 saturated carbocycles. The zero-order chi connectivity index (χ0) is 19.3. The Morgan fingerprint density at radius 3 is 2.54 bits per heavy atom. The number of nitrogens with zero attached hydrogens (tertiary/aromatic N) is 2. The van der Waals surface area contributed by atoms with E-state index in [9.17, 15) is 9.59 Å². The number of aromatic nitrogens is 1. The second kappa shape index (κ2) is 9.03. The second-order valence-corrected chi connectivity index (χ2v) is 8.66.